The molecule has 0 atom stereocenters. The summed E-state index contributed by atoms with van der Waals surface area (Å²) in [5.41, 5.74) is 2.81. The lowest BCUT2D eigenvalue weighted by Gasteiger charge is -2.26. The van der Waals surface area contributed by atoms with Gasteiger partial charge in [0.05, 0.1) is 6.42 Å². The van der Waals surface area contributed by atoms with Gasteiger partial charge in [-0.25, -0.2) is 0 Å². The molecule has 1 aromatic carbocycles. The molecule has 0 spiro atoms. The van der Waals surface area contributed by atoms with Gasteiger partial charge in [-0.05, 0) is 51.0 Å². The highest BCUT2D eigenvalue weighted by molar-refractivity contribution is 5.94. The molecule has 0 radical (unpaired) electrons. The van der Waals surface area contributed by atoms with Gasteiger partial charge in [0.25, 0.3) is 5.91 Å². The minimum Gasteiger partial charge on any atom is -0.481 e. The third-order valence-electron chi connectivity index (χ3n) is 3.20. The summed E-state index contributed by atoms with van der Waals surface area (Å²) in [5, 5.41) is 8.74. The molecular formula is C15H21NO3. The molecule has 1 aromatic rings. The van der Waals surface area contributed by atoms with Crippen LogP contribution in [0.2, 0.25) is 0 Å². The average molecular weight is 263 g/mol. The number of aliphatic carboxylic acids is 1. The highest BCUT2D eigenvalue weighted by Crippen LogP contribution is 2.14. The van der Waals surface area contributed by atoms with E-state index in [0.717, 1.165) is 11.1 Å². The number of nitrogens with zero attached hydrogens (tertiary/aromatic N) is 1. The fraction of sp³-hybridized carbons (Fsp3) is 0.467. The normalized spacial score (nSPS) is 10.6. The van der Waals surface area contributed by atoms with Crippen LogP contribution in [0.4, 0.5) is 0 Å². The summed E-state index contributed by atoms with van der Waals surface area (Å²) in [7, 11) is 0. The Morgan fingerprint density at radius 3 is 2.32 bits per heavy atom. The van der Waals surface area contributed by atoms with Crippen molar-refractivity contribution in [1.82, 2.24) is 4.90 Å². The summed E-state index contributed by atoms with van der Waals surface area (Å²) < 4.78 is 0. The third kappa shape index (κ3) is 4.09. The molecule has 0 heterocycles. The smallest absolute Gasteiger partial charge is 0.305 e. The van der Waals surface area contributed by atoms with Crippen LogP contribution >= 0.6 is 0 Å². The third-order valence-corrected chi connectivity index (χ3v) is 3.20. The van der Waals surface area contributed by atoms with Crippen LogP contribution in [-0.2, 0) is 4.79 Å². The summed E-state index contributed by atoms with van der Waals surface area (Å²) in [6.07, 6.45) is -0.0330. The van der Waals surface area contributed by atoms with Crippen molar-refractivity contribution in [3.05, 3.63) is 34.9 Å². The molecule has 0 aliphatic rings. The molecule has 0 aromatic heterocycles. The van der Waals surface area contributed by atoms with E-state index in [9.17, 15) is 9.59 Å². The first-order valence-electron chi connectivity index (χ1n) is 6.43. The van der Waals surface area contributed by atoms with Crippen LogP contribution in [0.15, 0.2) is 18.2 Å². The average Bonchev–Trinajstić information content (AvgIpc) is 2.31. The Morgan fingerprint density at radius 1 is 1.21 bits per heavy atom. The maximum Gasteiger partial charge on any atom is 0.305 e. The standard InChI is InChI=1S/C15H21NO3/c1-10(2)16(8-7-14(17)18)15(19)13-6-5-11(3)12(4)9-13/h5-6,9-10H,7-8H2,1-4H3,(H,17,18). The summed E-state index contributed by atoms with van der Waals surface area (Å²) in [6, 6.07) is 5.54. The number of carbonyl (C=O) groups is 2. The van der Waals surface area contributed by atoms with Gasteiger partial charge in [-0.15, -0.1) is 0 Å². The minimum absolute atomic E-state index is 0.0199. The lowest BCUT2D eigenvalue weighted by atomic mass is 10.0. The topological polar surface area (TPSA) is 57.6 Å². The Kier molecular flexibility index (Phi) is 5.10. The van der Waals surface area contributed by atoms with Crippen LogP contribution in [0.1, 0.15) is 41.8 Å². The molecular weight excluding hydrogens is 242 g/mol. The number of aryl methyl sites for hydroxylation is 2. The van der Waals surface area contributed by atoms with Crippen LogP contribution in [0.5, 0.6) is 0 Å². The number of amides is 1. The van der Waals surface area contributed by atoms with Gasteiger partial charge in [0, 0.05) is 18.2 Å². The highest BCUT2D eigenvalue weighted by atomic mass is 16.4. The molecule has 1 N–H and O–H groups in total. The number of hydrogen-bond acceptors (Lipinski definition) is 2. The predicted octanol–water partition coefficient (Wildman–Crippen LogP) is 2.63. The van der Waals surface area contributed by atoms with Crippen molar-refractivity contribution < 1.29 is 14.7 Å². The van der Waals surface area contributed by atoms with Crippen LogP contribution in [-0.4, -0.2) is 34.5 Å². The van der Waals surface area contributed by atoms with Gasteiger partial charge in [-0.1, -0.05) is 6.07 Å². The van der Waals surface area contributed by atoms with Crippen LogP contribution in [0.25, 0.3) is 0 Å². The van der Waals surface area contributed by atoms with E-state index in [1.54, 1.807) is 11.0 Å². The van der Waals surface area contributed by atoms with Crippen molar-refractivity contribution in [2.75, 3.05) is 6.54 Å². The fourth-order valence-corrected chi connectivity index (χ4v) is 1.85. The van der Waals surface area contributed by atoms with E-state index < -0.39 is 5.97 Å². The van der Waals surface area contributed by atoms with Crippen LogP contribution < -0.4 is 0 Å². The first-order valence-corrected chi connectivity index (χ1v) is 6.43. The van der Waals surface area contributed by atoms with Crippen molar-refractivity contribution in [3.8, 4) is 0 Å². The second-order valence-corrected chi connectivity index (χ2v) is 5.04. The number of hydrogen-bond donors (Lipinski definition) is 1. The van der Waals surface area contributed by atoms with Gasteiger partial charge in [-0.2, -0.15) is 0 Å². The monoisotopic (exact) mass is 263 g/mol. The SMILES string of the molecule is Cc1ccc(C(=O)N(CCC(=O)O)C(C)C)cc1C. The van der Waals surface area contributed by atoms with E-state index in [1.165, 1.54) is 0 Å². The quantitative estimate of drug-likeness (QED) is 0.888. The highest BCUT2D eigenvalue weighted by Gasteiger charge is 2.19. The van der Waals surface area contributed by atoms with Crippen molar-refractivity contribution in [2.45, 2.75) is 40.2 Å². The second-order valence-electron chi connectivity index (χ2n) is 5.04. The number of benzene rings is 1. The Balaban J connectivity index is 2.92. The first-order chi connectivity index (χ1) is 8.82. The molecule has 4 nitrogen and oxygen atoms in total. The fourth-order valence-electron chi connectivity index (χ4n) is 1.85. The molecule has 19 heavy (non-hydrogen) atoms. The maximum atomic E-state index is 12.4. The Bertz CT molecular complexity index is 480. The first kappa shape index (κ1) is 15.2. The van der Waals surface area contributed by atoms with Gasteiger partial charge in [0.15, 0.2) is 0 Å². The molecule has 0 fully saturated rings. The van der Waals surface area contributed by atoms with Gasteiger partial charge in [0.2, 0.25) is 0 Å². The summed E-state index contributed by atoms with van der Waals surface area (Å²) in [4.78, 5) is 24.6. The van der Waals surface area contributed by atoms with E-state index in [1.807, 2.05) is 39.8 Å². The zero-order valence-electron chi connectivity index (χ0n) is 11.9. The van der Waals surface area contributed by atoms with E-state index >= 15 is 0 Å². The zero-order valence-corrected chi connectivity index (χ0v) is 11.9. The zero-order chi connectivity index (χ0) is 14.6. The van der Waals surface area contributed by atoms with Crippen LogP contribution in [0.3, 0.4) is 0 Å². The summed E-state index contributed by atoms with van der Waals surface area (Å²) in [5.74, 6) is -1.00. The van der Waals surface area contributed by atoms with E-state index in [2.05, 4.69) is 0 Å². The van der Waals surface area contributed by atoms with Crippen molar-refractivity contribution >= 4 is 11.9 Å². The Hall–Kier alpha value is -1.84. The second kappa shape index (κ2) is 6.36. The van der Waals surface area contributed by atoms with Gasteiger partial charge in [-0.3, -0.25) is 9.59 Å². The lowest BCUT2D eigenvalue weighted by Crippen LogP contribution is -2.38. The Labute approximate surface area is 114 Å². The molecule has 0 saturated heterocycles. The van der Waals surface area contributed by atoms with Crippen molar-refractivity contribution in [1.29, 1.82) is 0 Å². The molecule has 104 valence electrons. The van der Waals surface area contributed by atoms with E-state index in [4.69, 9.17) is 5.11 Å². The molecule has 1 amide bonds. The van der Waals surface area contributed by atoms with Gasteiger partial charge >= 0.3 is 5.97 Å². The van der Waals surface area contributed by atoms with Gasteiger partial charge in [0.1, 0.15) is 0 Å². The lowest BCUT2D eigenvalue weighted by molar-refractivity contribution is -0.137. The molecule has 0 saturated carbocycles. The summed E-state index contributed by atoms with van der Waals surface area (Å²) in [6.45, 7) is 7.97. The number of carboxylic acids is 1. The van der Waals surface area contributed by atoms with E-state index in [-0.39, 0.29) is 24.9 Å². The molecule has 0 bridgehead atoms. The predicted molar refractivity (Wildman–Crippen MR) is 74.3 cm³/mol. The van der Waals surface area contributed by atoms with Crippen molar-refractivity contribution in [2.24, 2.45) is 0 Å². The molecule has 1 rings (SSSR count). The van der Waals surface area contributed by atoms with Crippen molar-refractivity contribution in [3.63, 3.8) is 0 Å². The molecule has 0 unspecified atom stereocenters. The number of carbonyl (C=O) groups excluding carboxylic acids is 1. The maximum absolute atomic E-state index is 12.4. The molecule has 4 heteroatoms. The number of rotatable bonds is 5. The summed E-state index contributed by atoms with van der Waals surface area (Å²) >= 11 is 0. The molecule has 0 aliphatic carbocycles. The minimum atomic E-state index is -0.890. The van der Waals surface area contributed by atoms with Gasteiger partial charge < -0.3 is 10.0 Å². The number of carboxylic acid groups (broad SMARTS) is 1. The van der Waals surface area contributed by atoms with Crippen LogP contribution in [0, 0.1) is 13.8 Å². The Morgan fingerprint density at radius 2 is 1.84 bits per heavy atom. The van der Waals surface area contributed by atoms with E-state index in [0.29, 0.717) is 5.56 Å². The molecule has 0 aliphatic heterocycles. The largest absolute Gasteiger partial charge is 0.481 e.